The topological polar surface area (TPSA) is 51.1 Å². The van der Waals surface area contributed by atoms with Crippen molar-refractivity contribution in [2.75, 3.05) is 27.3 Å². The van der Waals surface area contributed by atoms with Crippen LogP contribution in [0.1, 0.15) is 18.4 Å². The Morgan fingerprint density at radius 2 is 2.38 bits per heavy atom. The minimum absolute atomic E-state index is 0.124. The van der Waals surface area contributed by atoms with Gasteiger partial charge in [0.2, 0.25) is 6.10 Å². The summed E-state index contributed by atoms with van der Waals surface area (Å²) in [6.45, 7) is 1.20. The summed E-state index contributed by atoms with van der Waals surface area (Å²) >= 11 is 0. The van der Waals surface area contributed by atoms with Crippen molar-refractivity contribution < 1.29 is 18.8 Å². The maximum absolute atomic E-state index is 13.2. The fourth-order valence-corrected chi connectivity index (χ4v) is 2.15. The summed E-state index contributed by atoms with van der Waals surface area (Å²) < 4.78 is 18.2. The first-order valence-electron chi connectivity index (χ1n) is 6.84. The molecule has 0 fully saturated rings. The molecule has 0 aliphatic carbocycles. The van der Waals surface area contributed by atoms with Crippen molar-refractivity contribution in [2.45, 2.75) is 18.9 Å². The lowest BCUT2D eigenvalue weighted by Gasteiger charge is -2.19. The molecule has 1 amide bonds. The summed E-state index contributed by atoms with van der Waals surface area (Å²) in [5.74, 6) is -0.456. The Bertz CT molecular complexity index is 533. The fraction of sp³-hybridized carbons (Fsp3) is 0.467. The number of benzene rings is 1. The molecule has 1 atom stereocenters. The molecule has 0 spiro atoms. The molecule has 21 heavy (non-hydrogen) atoms. The molecule has 114 valence electrons. The molecule has 6 heteroatoms. The third kappa shape index (κ3) is 4.01. The minimum atomic E-state index is -0.629. The standard InChI is InChI=1S/C15H19FN2O3/c1-18(7-4-8-20-2)15(19)14-10-13(17-21-14)11-5-3-6-12(16)9-11/h3,5-6,9,14H,4,7-8,10H2,1-2H3. The molecular formula is C15H19FN2O3. The van der Waals surface area contributed by atoms with Crippen LogP contribution in [0.3, 0.4) is 0 Å². The average molecular weight is 294 g/mol. The molecule has 0 aromatic heterocycles. The second-order valence-corrected chi connectivity index (χ2v) is 4.95. The van der Waals surface area contributed by atoms with Crippen molar-refractivity contribution in [2.24, 2.45) is 5.16 Å². The number of methoxy groups -OCH3 is 1. The number of rotatable bonds is 6. The van der Waals surface area contributed by atoms with Crippen molar-refractivity contribution in [3.8, 4) is 0 Å². The van der Waals surface area contributed by atoms with E-state index in [-0.39, 0.29) is 11.7 Å². The number of carbonyl (C=O) groups is 1. The molecule has 2 rings (SSSR count). The summed E-state index contributed by atoms with van der Waals surface area (Å²) in [5.41, 5.74) is 1.24. The summed E-state index contributed by atoms with van der Waals surface area (Å²) in [5, 5.41) is 3.91. The summed E-state index contributed by atoms with van der Waals surface area (Å²) in [6.07, 6.45) is 0.496. The highest BCUT2D eigenvalue weighted by atomic mass is 19.1. The van der Waals surface area contributed by atoms with Crippen LogP contribution in [-0.4, -0.2) is 49.9 Å². The first-order valence-corrected chi connectivity index (χ1v) is 6.84. The van der Waals surface area contributed by atoms with E-state index in [1.165, 1.54) is 12.1 Å². The van der Waals surface area contributed by atoms with Crippen LogP contribution >= 0.6 is 0 Å². The molecule has 1 aromatic carbocycles. The van der Waals surface area contributed by atoms with Gasteiger partial charge in [0.25, 0.3) is 5.91 Å². The van der Waals surface area contributed by atoms with Gasteiger partial charge in [0.05, 0.1) is 5.71 Å². The number of nitrogens with zero attached hydrogens (tertiary/aromatic N) is 2. The highest BCUT2D eigenvalue weighted by molar-refractivity contribution is 6.04. The van der Waals surface area contributed by atoms with Crippen molar-refractivity contribution in [1.29, 1.82) is 0 Å². The molecule has 0 N–H and O–H groups in total. The molecule has 1 unspecified atom stereocenters. The third-order valence-electron chi connectivity index (χ3n) is 3.32. The molecule has 1 aliphatic rings. The molecule has 0 radical (unpaired) electrons. The van der Waals surface area contributed by atoms with Crippen LogP contribution in [0.5, 0.6) is 0 Å². The first-order chi connectivity index (χ1) is 10.1. The zero-order chi connectivity index (χ0) is 15.2. The van der Waals surface area contributed by atoms with E-state index in [1.807, 2.05) is 0 Å². The Hall–Kier alpha value is -1.95. The number of hydrogen-bond donors (Lipinski definition) is 0. The summed E-state index contributed by atoms with van der Waals surface area (Å²) in [4.78, 5) is 19.0. The lowest BCUT2D eigenvalue weighted by molar-refractivity contribution is -0.140. The van der Waals surface area contributed by atoms with Gasteiger partial charge in [-0.05, 0) is 18.6 Å². The third-order valence-corrected chi connectivity index (χ3v) is 3.32. The van der Waals surface area contributed by atoms with E-state index in [9.17, 15) is 9.18 Å². The normalized spacial score (nSPS) is 17.3. The van der Waals surface area contributed by atoms with Gasteiger partial charge in [-0.1, -0.05) is 17.3 Å². The number of oxime groups is 1. The highest BCUT2D eigenvalue weighted by Crippen LogP contribution is 2.18. The highest BCUT2D eigenvalue weighted by Gasteiger charge is 2.30. The molecule has 1 aromatic rings. The van der Waals surface area contributed by atoms with Gasteiger partial charge in [-0.25, -0.2) is 4.39 Å². The van der Waals surface area contributed by atoms with Crippen LogP contribution < -0.4 is 0 Å². The van der Waals surface area contributed by atoms with Crippen molar-refractivity contribution >= 4 is 11.6 Å². The van der Waals surface area contributed by atoms with Crippen LogP contribution in [-0.2, 0) is 14.4 Å². The van der Waals surface area contributed by atoms with E-state index in [0.29, 0.717) is 30.8 Å². The van der Waals surface area contributed by atoms with Crippen molar-refractivity contribution in [3.63, 3.8) is 0 Å². The van der Waals surface area contributed by atoms with Crippen LogP contribution in [0.15, 0.2) is 29.4 Å². The minimum Gasteiger partial charge on any atom is -0.385 e. The fourth-order valence-electron chi connectivity index (χ4n) is 2.15. The number of hydrogen-bond acceptors (Lipinski definition) is 4. The lowest BCUT2D eigenvalue weighted by Crippen LogP contribution is -2.37. The van der Waals surface area contributed by atoms with Gasteiger partial charge in [0, 0.05) is 39.3 Å². The molecule has 0 saturated heterocycles. The molecule has 0 saturated carbocycles. The number of carbonyl (C=O) groups excluding carboxylic acids is 1. The van der Waals surface area contributed by atoms with Gasteiger partial charge in [0.1, 0.15) is 5.82 Å². The predicted molar refractivity (Wildman–Crippen MR) is 76.6 cm³/mol. The second kappa shape index (κ2) is 7.17. The average Bonchev–Trinajstić information content (AvgIpc) is 2.96. The quantitative estimate of drug-likeness (QED) is 0.752. The predicted octanol–water partition coefficient (Wildman–Crippen LogP) is 1.81. The van der Waals surface area contributed by atoms with E-state index in [0.717, 1.165) is 6.42 Å². The van der Waals surface area contributed by atoms with Gasteiger partial charge in [-0.2, -0.15) is 0 Å². The van der Waals surface area contributed by atoms with Gasteiger partial charge in [-0.3, -0.25) is 4.79 Å². The SMILES string of the molecule is COCCCN(C)C(=O)C1CC(c2cccc(F)c2)=NO1. The second-order valence-electron chi connectivity index (χ2n) is 4.95. The maximum atomic E-state index is 13.2. The Balaban J connectivity index is 1.90. The Morgan fingerprint density at radius 1 is 1.57 bits per heavy atom. The molecule has 1 heterocycles. The zero-order valence-corrected chi connectivity index (χ0v) is 12.2. The monoisotopic (exact) mass is 294 g/mol. The van der Waals surface area contributed by atoms with Gasteiger partial charge in [-0.15, -0.1) is 0 Å². The van der Waals surface area contributed by atoms with Crippen molar-refractivity contribution in [1.82, 2.24) is 4.90 Å². The number of ether oxygens (including phenoxy) is 1. The Labute approximate surface area is 123 Å². The van der Waals surface area contributed by atoms with E-state index in [2.05, 4.69) is 5.16 Å². The molecule has 5 nitrogen and oxygen atoms in total. The van der Waals surface area contributed by atoms with E-state index < -0.39 is 6.10 Å². The summed E-state index contributed by atoms with van der Waals surface area (Å²) in [6, 6.07) is 6.11. The largest absolute Gasteiger partial charge is 0.385 e. The van der Waals surface area contributed by atoms with E-state index in [4.69, 9.17) is 9.57 Å². The first kappa shape index (κ1) is 15.4. The summed E-state index contributed by atoms with van der Waals surface area (Å²) in [7, 11) is 3.35. The van der Waals surface area contributed by atoms with Crippen molar-refractivity contribution in [3.05, 3.63) is 35.6 Å². The zero-order valence-electron chi connectivity index (χ0n) is 12.2. The van der Waals surface area contributed by atoms with Crippen LogP contribution in [0.2, 0.25) is 0 Å². The molecule has 0 bridgehead atoms. The van der Waals surface area contributed by atoms with E-state index >= 15 is 0 Å². The van der Waals surface area contributed by atoms with Gasteiger partial charge >= 0.3 is 0 Å². The maximum Gasteiger partial charge on any atom is 0.266 e. The number of amides is 1. The molecule has 1 aliphatic heterocycles. The lowest BCUT2D eigenvalue weighted by atomic mass is 10.0. The number of likely N-dealkylation sites (N-methyl/N-ethyl adjacent to an activating group) is 1. The number of halogens is 1. The smallest absolute Gasteiger partial charge is 0.266 e. The van der Waals surface area contributed by atoms with Crippen LogP contribution in [0.25, 0.3) is 0 Å². The van der Waals surface area contributed by atoms with E-state index in [1.54, 1.807) is 31.2 Å². The Morgan fingerprint density at radius 3 is 3.10 bits per heavy atom. The van der Waals surface area contributed by atoms with Gasteiger partial charge < -0.3 is 14.5 Å². The van der Waals surface area contributed by atoms with Crippen LogP contribution in [0.4, 0.5) is 4.39 Å². The Kier molecular flexibility index (Phi) is 5.27. The van der Waals surface area contributed by atoms with Crippen LogP contribution in [0, 0.1) is 5.82 Å². The van der Waals surface area contributed by atoms with Gasteiger partial charge in [0.15, 0.2) is 0 Å². The molecular weight excluding hydrogens is 275 g/mol.